The number of rotatable bonds is 6. The summed E-state index contributed by atoms with van der Waals surface area (Å²) in [5.41, 5.74) is 4.13. The van der Waals surface area contributed by atoms with Crippen molar-refractivity contribution in [3.8, 4) is 11.4 Å². The zero-order valence-corrected chi connectivity index (χ0v) is 15.3. The molecule has 3 aromatic rings. The van der Waals surface area contributed by atoms with Crippen molar-refractivity contribution in [2.75, 3.05) is 7.11 Å². The number of ether oxygens (including phenoxy) is 1. The molecule has 134 valence electrons. The minimum atomic E-state index is 0.00379. The highest BCUT2D eigenvalue weighted by Gasteiger charge is 2.06. The second kappa shape index (κ2) is 7.87. The molecule has 3 rings (SSSR count). The lowest BCUT2D eigenvalue weighted by molar-refractivity contribution is -0.120. The molecule has 0 unspecified atom stereocenters. The van der Waals surface area contributed by atoms with Crippen LogP contribution in [0.4, 0.5) is 0 Å². The van der Waals surface area contributed by atoms with Crippen LogP contribution in [0.2, 0.25) is 0 Å². The zero-order chi connectivity index (χ0) is 18.5. The van der Waals surface area contributed by atoms with E-state index in [9.17, 15) is 4.79 Å². The van der Waals surface area contributed by atoms with Gasteiger partial charge in [-0.2, -0.15) is 0 Å². The van der Waals surface area contributed by atoms with E-state index in [1.165, 1.54) is 0 Å². The highest BCUT2D eigenvalue weighted by molar-refractivity contribution is 5.78. The maximum Gasteiger partial charge on any atom is 0.224 e. The van der Waals surface area contributed by atoms with Crippen LogP contribution < -0.4 is 10.1 Å². The van der Waals surface area contributed by atoms with Crippen LogP contribution in [0.3, 0.4) is 0 Å². The molecule has 5 nitrogen and oxygen atoms in total. The summed E-state index contributed by atoms with van der Waals surface area (Å²) in [5, 5.41) is 2.97. The third kappa shape index (κ3) is 4.11. The number of aryl methyl sites for hydroxylation is 2. The predicted octanol–water partition coefficient (Wildman–Crippen LogP) is 3.36. The number of carbonyl (C=O) groups excluding carboxylic acids is 1. The van der Waals surface area contributed by atoms with Gasteiger partial charge in [0.1, 0.15) is 11.6 Å². The third-order valence-electron chi connectivity index (χ3n) is 4.35. The molecular weight excluding hydrogens is 326 g/mol. The summed E-state index contributed by atoms with van der Waals surface area (Å²) in [6, 6.07) is 13.9. The van der Waals surface area contributed by atoms with Crippen LogP contribution in [0, 0.1) is 13.8 Å². The molecule has 1 amide bonds. The molecule has 0 atom stereocenters. The molecule has 1 N–H and O–H groups in total. The van der Waals surface area contributed by atoms with E-state index in [4.69, 9.17) is 4.74 Å². The van der Waals surface area contributed by atoms with Gasteiger partial charge in [0, 0.05) is 24.6 Å². The number of methoxy groups -OCH3 is 1. The fraction of sp³-hybridized carbons (Fsp3) is 0.238. The Morgan fingerprint density at radius 2 is 1.85 bits per heavy atom. The van der Waals surface area contributed by atoms with Gasteiger partial charge in [-0.05, 0) is 48.7 Å². The number of imidazole rings is 1. The average molecular weight is 349 g/mol. The van der Waals surface area contributed by atoms with E-state index in [1.807, 2.05) is 67.1 Å². The van der Waals surface area contributed by atoms with Gasteiger partial charge in [-0.25, -0.2) is 4.98 Å². The van der Waals surface area contributed by atoms with Gasteiger partial charge in [0.25, 0.3) is 0 Å². The van der Waals surface area contributed by atoms with E-state index in [0.29, 0.717) is 13.0 Å². The molecule has 1 aromatic heterocycles. The summed E-state index contributed by atoms with van der Waals surface area (Å²) in [5.74, 6) is 1.78. The van der Waals surface area contributed by atoms with E-state index in [1.54, 1.807) is 13.3 Å². The van der Waals surface area contributed by atoms with Gasteiger partial charge in [-0.3, -0.25) is 4.79 Å². The van der Waals surface area contributed by atoms with Crippen LogP contribution in [-0.4, -0.2) is 22.6 Å². The lowest BCUT2D eigenvalue weighted by Gasteiger charge is -2.09. The molecule has 0 aliphatic rings. The highest BCUT2D eigenvalue weighted by atomic mass is 16.5. The Morgan fingerprint density at radius 1 is 1.12 bits per heavy atom. The lowest BCUT2D eigenvalue weighted by Crippen LogP contribution is -2.24. The number of nitrogens with one attached hydrogen (secondary N) is 1. The van der Waals surface area contributed by atoms with Gasteiger partial charge in [0.05, 0.1) is 13.5 Å². The molecule has 0 saturated heterocycles. The van der Waals surface area contributed by atoms with Crippen molar-refractivity contribution in [1.82, 2.24) is 14.9 Å². The first-order chi connectivity index (χ1) is 12.6. The quantitative estimate of drug-likeness (QED) is 0.742. The minimum Gasteiger partial charge on any atom is -0.496 e. The minimum absolute atomic E-state index is 0.00379. The maximum absolute atomic E-state index is 12.2. The second-order valence-corrected chi connectivity index (χ2v) is 6.27. The van der Waals surface area contributed by atoms with Gasteiger partial charge in [-0.15, -0.1) is 0 Å². The molecular formula is C21H23N3O2. The van der Waals surface area contributed by atoms with Crippen molar-refractivity contribution in [2.24, 2.45) is 0 Å². The second-order valence-electron chi connectivity index (χ2n) is 6.27. The molecule has 1 heterocycles. The Hall–Kier alpha value is -3.08. The topological polar surface area (TPSA) is 56.1 Å². The zero-order valence-electron chi connectivity index (χ0n) is 15.3. The summed E-state index contributed by atoms with van der Waals surface area (Å²) in [6.07, 6.45) is 4.07. The van der Waals surface area contributed by atoms with E-state index < -0.39 is 0 Å². The third-order valence-corrected chi connectivity index (χ3v) is 4.35. The smallest absolute Gasteiger partial charge is 0.224 e. The predicted molar refractivity (Wildman–Crippen MR) is 102 cm³/mol. The Balaban J connectivity index is 1.56. The molecule has 0 spiro atoms. The number of hydrogen-bond acceptors (Lipinski definition) is 3. The fourth-order valence-corrected chi connectivity index (χ4v) is 2.92. The van der Waals surface area contributed by atoms with Crippen LogP contribution in [0.5, 0.6) is 5.75 Å². The van der Waals surface area contributed by atoms with Crippen LogP contribution >= 0.6 is 0 Å². The van der Waals surface area contributed by atoms with Gasteiger partial charge in [0.2, 0.25) is 5.91 Å². The Labute approximate surface area is 153 Å². The number of hydrogen-bond donors (Lipinski definition) is 1. The molecule has 0 bridgehead atoms. The summed E-state index contributed by atoms with van der Waals surface area (Å²) >= 11 is 0. The maximum atomic E-state index is 12.2. The van der Waals surface area contributed by atoms with E-state index in [-0.39, 0.29) is 5.91 Å². The number of aromatic nitrogens is 2. The molecule has 5 heteroatoms. The Bertz CT molecular complexity index is 898. The van der Waals surface area contributed by atoms with Crippen molar-refractivity contribution in [3.63, 3.8) is 0 Å². The van der Waals surface area contributed by atoms with Gasteiger partial charge < -0.3 is 14.6 Å². The first kappa shape index (κ1) is 17.7. The standard InChI is InChI=1S/C21H23N3O2/c1-15-12-18(6-9-20(15)26-3)13-21(25)23-14-17-4-7-19(8-5-17)24-11-10-22-16(24)2/h4-12H,13-14H2,1-3H3,(H,23,25). The molecule has 0 aliphatic heterocycles. The van der Waals surface area contributed by atoms with E-state index >= 15 is 0 Å². The van der Waals surface area contributed by atoms with E-state index in [2.05, 4.69) is 10.3 Å². The SMILES string of the molecule is COc1ccc(CC(=O)NCc2ccc(-n3ccnc3C)cc2)cc1C. The van der Waals surface area contributed by atoms with Crippen LogP contribution in [0.25, 0.3) is 5.69 Å². The van der Waals surface area contributed by atoms with Crippen LogP contribution in [0.1, 0.15) is 22.5 Å². The van der Waals surface area contributed by atoms with Gasteiger partial charge in [-0.1, -0.05) is 24.3 Å². The Kier molecular flexibility index (Phi) is 5.37. The first-order valence-corrected chi connectivity index (χ1v) is 8.56. The molecule has 0 aliphatic carbocycles. The van der Waals surface area contributed by atoms with Crippen LogP contribution in [-0.2, 0) is 17.8 Å². The number of carbonyl (C=O) groups is 1. The molecule has 26 heavy (non-hydrogen) atoms. The van der Waals surface area contributed by atoms with Crippen molar-refractivity contribution in [3.05, 3.63) is 77.4 Å². The number of benzene rings is 2. The summed E-state index contributed by atoms with van der Waals surface area (Å²) in [6.45, 7) is 4.45. The molecule has 0 radical (unpaired) electrons. The molecule has 2 aromatic carbocycles. The molecule has 0 fully saturated rings. The largest absolute Gasteiger partial charge is 0.496 e. The normalized spacial score (nSPS) is 10.6. The summed E-state index contributed by atoms with van der Waals surface area (Å²) in [7, 11) is 1.65. The van der Waals surface area contributed by atoms with Crippen molar-refractivity contribution >= 4 is 5.91 Å². The van der Waals surface area contributed by atoms with Gasteiger partial charge >= 0.3 is 0 Å². The lowest BCUT2D eigenvalue weighted by atomic mass is 10.1. The molecule has 0 saturated carbocycles. The van der Waals surface area contributed by atoms with Crippen molar-refractivity contribution in [2.45, 2.75) is 26.8 Å². The number of nitrogens with zero attached hydrogens (tertiary/aromatic N) is 2. The summed E-state index contributed by atoms with van der Waals surface area (Å²) < 4.78 is 7.27. The monoisotopic (exact) mass is 349 g/mol. The van der Waals surface area contributed by atoms with E-state index in [0.717, 1.165) is 34.0 Å². The van der Waals surface area contributed by atoms with Crippen molar-refractivity contribution in [1.29, 1.82) is 0 Å². The van der Waals surface area contributed by atoms with Crippen molar-refractivity contribution < 1.29 is 9.53 Å². The number of amides is 1. The van der Waals surface area contributed by atoms with Crippen LogP contribution in [0.15, 0.2) is 54.9 Å². The Morgan fingerprint density at radius 3 is 2.46 bits per heavy atom. The van der Waals surface area contributed by atoms with Gasteiger partial charge in [0.15, 0.2) is 0 Å². The fourth-order valence-electron chi connectivity index (χ4n) is 2.92. The highest BCUT2D eigenvalue weighted by Crippen LogP contribution is 2.18. The summed E-state index contributed by atoms with van der Waals surface area (Å²) in [4.78, 5) is 16.4. The first-order valence-electron chi connectivity index (χ1n) is 8.56. The average Bonchev–Trinajstić information content (AvgIpc) is 3.06.